The molecule has 0 spiro atoms. The Morgan fingerprint density at radius 2 is 0.635 bits per heavy atom. The van der Waals surface area contributed by atoms with Gasteiger partial charge in [-0.2, -0.15) is 13.6 Å². The maximum atomic E-state index is 6.19. The molecule has 3 saturated carbocycles. The third-order valence-electron chi connectivity index (χ3n) is 14.0. The van der Waals surface area contributed by atoms with Crippen molar-refractivity contribution in [2.45, 2.75) is 255 Å². The average molecular weight is 1490 g/mol. The van der Waals surface area contributed by atoms with Crippen LogP contribution in [0.25, 0.3) is 11.1 Å². The summed E-state index contributed by atoms with van der Waals surface area (Å²) in [6.07, 6.45) is 29.0. The van der Waals surface area contributed by atoms with Crippen molar-refractivity contribution in [2.75, 3.05) is 0 Å². The van der Waals surface area contributed by atoms with Crippen LogP contribution in [0.15, 0.2) is 121 Å². The number of hydrogen-bond donors (Lipinski definition) is 0. The maximum absolute atomic E-state index is 6.19. The van der Waals surface area contributed by atoms with Crippen molar-refractivity contribution in [2.24, 2.45) is 0 Å². The number of allylic oxidation sites excluding steroid dienone is 2. The van der Waals surface area contributed by atoms with E-state index in [0.29, 0.717) is 0 Å². The van der Waals surface area contributed by atoms with E-state index in [4.69, 9.17) is 65.9 Å². The van der Waals surface area contributed by atoms with Gasteiger partial charge in [0.05, 0.1) is 35.3 Å². The molecule has 486 valence electrons. The van der Waals surface area contributed by atoms with E-state index in [-0.39, 0.29) is 74.3 Å². The molecule has 0 atom stereocenters. The van der Waals surface area contributed by atoms with Crippen LogP contribution in [0.2, 0.25) is 0 Å². The summed E-state index contributed by atoms with van der Waals surface area (Å²) in [4.78, 5) is 0. The predicted octanol–water partition coefficient (Wildman–Crippen LogP) is 24.4. The Hall–Kier alpha value is -0.443. The van der Waals surface area contributed by atoms with E-state index in [1.165, 1.54) is 61.5 Å². The van der Waals surface area contributed by atoms with E-state index in [2.05, 4.69) is 72.8 Å². The fraction of sp³-hybridized carbons (Fsp3) is 0.557. The minimum absolute atomic E-state index is 0. The SMILES string of the molecule is C.C.C.C1CCC([PH+](C2CCCCC2)C2CCCCC2)CC1.CC(C)OP(OC(C)C)OC(C)C.CC(C)O[PH+](OC(C)C)OC(C)C.[CH3-].[Cl][Ru]([Cl])=[C]1C=C(c2ccccc2)c2ccccc21.[Cl][Ru]([Cl])=[C]1C=C(c2ccccc2)c2ccccc21. The molecule has 0 radical (unpaired) electrons. The van der Waals surface area contributed by atoms with E-state index < -0.39 is 44.2 Å². The van der Waals surface area contributed by atoms with Crippen LogP contribution in [0.4, 0.5) is 0 Å². The fourth-order valence-electron chi connectivity index (χ4n) is 10.9. The fourth-order valence-corrected chi connectivity index (χ4v) is 23.6. The van der Waals surface area contributed by atoms with Crippen molar-refractivity contribution >= 4 is 83.2 Å². The molecule has 0 unspecified atom stereocenters. The van der Waals surface area contributed by atoms with Crippen LogP contribution >= 0.6 is 63.9 Å². The first kappa shape index (κ1) is 82.6. The zero-order valence-corrected chi connectivity index (χ0v) is 60.9. The summed E-state index contributed by atoms with van der Waals surface area (Å²) in [5, 5.41) is 0. The normalized spacial score (nSPS) is 16.3. The molecule has 0 bridgehead atoms. The molecule has 3 fully saturated rings. The Morgan fingerprint density at radius 1 is 0.376 bits per heavy atom. The summed E-state index contributed by atoms with van der Waals surface area (Å²) in [6.45, 7) is 23.8. The monoisotopic (exact) mass is 1490 g/mol. The summed E-state index contributed by atoms with van der Waals surface area (Å²) in [7, 11) is 22.0. The first-order chi connectivity index (χ1) is 38.8. The molecule has 9 rings (SSSR count). The predicted molar refractivity (Wildman–Crippen MR) is 380 cm³/mol. The molecular formula is C70H112Cl4O6P3Ru2+. The first-order valence-corrected chi connectivity index (χ1v) is 44.6. The van der Waals surface area contributed by atoms with Crippen LogP contribution < -0.4 is 0 Å². The second-order valence-electron chi connectivity index (χ2n) is 22.9. The minimum atomic E-state index is -1.88. The topological polar surface area (TPSA) is 55.4 Å². The van der Waals surface area contributed by atoms with Gasteiger partial charge in [0.2, 0.25) is 0 Å². The second kappa shape index (κ2) is 45.0. The zero-order valence-electron chi connectivity index (χ0n) is 51.5. The van der Waals surface area contributed by atoms with E-state index >= 15 is 0 Å². The standard InChI is InChI=1S/C18H33P.2C15H10.C9H22O3P.C9H21O3P.3CH4.CH3.4ClH.2Ru/c1-4-10-16(11-5-1)19(17-12-6-2-7-13-17)18-14-8-3-9-15-18;2*1-2-6-12(7-3-1)15-11-10-13-8-4-5-9-14(13)15;2*1-7(2)10-13(11-8(3)4)12-9(5)6;;;;;;;;;;/h16-18H,1-15H2;2*1-9,11H;7-9,13H,1-6H3;7-9H,1-6H3;3*1H4;1H3;4*1H;;/q;;;+1;;;;;-1;;;;;2*+2/p-3. The molecular weight excluding hydrogens is 1370 g/mol. The van der Waals surface area contributed by atoms with Crippen molar-refractivity contribution in [3.05, 3.63) is 162 Å². The molecule has 0 heterocycles. The third-order valence-corrected chi connectivity index (χ3v) is 28.6. The van der Waals surface area contributed by atoms with Gasteiger partial charge < -0.3 is 21.0 Å². The van der Waals surface area contributed by atoms with Gasteiger partial charge in [0, 0.05) is 7.92 Å². The Balaban J connectivity index is 0.000000531. The zero-order chi connectivity index (χ0) is 58.8. The van der Waals surface area contributed by atoms with Gasteiger partial charge in [-0.05, 0) is 160 Å². The molecule has 0 saturated heterocycles. The van der Waals surface area contributed by atoms with Gasteiger partial charge in [-0.3, -0.25) is 0 Å². The second-order valence-corrected chi connectivity index (χ2v) is 40.3. The van der Waals surface area contributed by atoms with Gasteiger partial charge in [-0.15, -0.1) is 0 Å². The number of benzene rings is 4. The van der Waals surface area contributed by atoms with Crippen molar-refractivity contribution < 1.29 is 54.2 Å². The number of hydrogen-bond acceptors (Lipinski definition) is 6. The van der Waals surface area contributed by atoms with Crippen LogP contribution in [0.3, 0.4) is 0 Å². The molecule has 5 aliphatic carbocycles. The van der Waals surface area contributed by atoms with E-state index in [9.17, 15) is 0 Å². The van der Waals surface area contributed by atoms with Crippen molar-refractivity contribution in [1.82, 2.24) is 0 Å². The molecule has 0 aromatic heterocycles. The van der Waals surface area contributed by atoms with Crippen molar-refractivity contribution in [1.29, 1.82) is 0 Å². The number of fused-ring (bicyclic) bond motifs is 2. The van der Waals surface area contributed by atoms with Gasteiger partial charge >= 0.3 is 257 Å². The molecule has 6 nitrogen and oxygen atoms in total. The van der Waals surface area contributed by atoms with Gasteiger partial charge in [0.25, 0.3) is 0 Å². The quantitative estimate of drug-likeness (QED) is 0.0597. The Morgan fingerprint density at radius 3 is 0.882 bits per heavy atom. The molecule has 0 aliphatic heterocycles. The van der Waals surface area contributed by atoms with Gasteiger partial charge in [0.15, 0.2) is 0 Å². The van der Waals surface area contributed by atoms with Crippen LogP contribution in [0, 0.1) is 7.43 Å². The number of rotatable bonds is 17. The molecule has 5 aliphatic rings. The summed E-state index contributed by atoms with van der Waals surface area (Å²) in [5.74, 6) is 0. The molecule has 85 heavy (non-hydrogen) atoms. The molecule has 4 aromatic carbocycles. The van der Waals surface area contributed by atoms with Crippen LogP contribution in [0.5, 0.6) is 0 Å². The molecule has 4 aromatic rings. The summed E-state index contributed by atoms with van der Waals surface area (Å²) < 4.78 is 35.3. The van der Waals surface area contributed by atoms with Crippen LogP contribution in [0.1, 0.15) is 235 Å². The van der Waals surface area contributed by atoms with E-state index in [0.717, 1.165) is 8.21 Å². The molecule has 0 N–H and O–H groups in total. The van der Waals surface area contributed by atoms with Gasteiger partial charge in [-0.1, -0.05) is 41.5 Å². The Kier molecular flexibility index (Phi) is 43.7. The van der Waals surface area contributed by atoms with Gasteiger partial charge in [0.1, 0.15) is 18.3 Å². The number of halogens is 4. The average Bonchev–Trinajstić information content (AvgIpc) is 2.24. The van der Waals surface area contributed by atoms with Crippen molar-refractivity contribution in [3.8, 4) is 0 Å². The summed E-state index contributed by atoms with van der Waals surface area (Å²) in [5.41, 5.74) is 13.4. The Labute approximate surface area is 550 Å². The van der Waals surface area contributed by atoms with Gasteiger partial charge in [-0.25, -0.2) is 0 Å². The summed E-state index contributed by atoms with van der Waals surface area (Å²) >= 11 is -3.76. The molecule has 15 heteroatoms. The van der Waals surface area contributed by atoms with Crippen molar-refractivity contribution in [3.63, 3.8) is 0 Å². The Bertz CT molecular complexity index is 2320. The van der Waals surface area contributed by atoms with E-state index in [1.54, 1.807) is 96.3 Å². The summed E-state index contributed by atoms with van der Waals surface area (Å²) in [6, 6.07) is 37.3. The molecule has 0 amide bonds. The van der Waals surface area contributed by atoms with Crippen LogP contribution in [-0.4, -0.2) is 61.8 Å². The van der Waals surface area contributed by atoms with Crippen LogP contribution in [-0.2, 0) is 54.2 Å². The van der Waals surface area contributed by atoms with E-state index in [1.807, 2.05) is 132 Å². The first-order valence-electron chi connectivity index (χ1n) is 29.8. The third kappa shape index (κ3) is 29.4.